The van der Waals surface area contributed by atoms with Gasteiger partial charge >= 0.3 is 17.9 Å². The van der Waals surface area contributed by atoms with Gasteiger partial charge in [-0.2, -0.15) is 0 Å². The summed E-state index contributed by atoms with van der Waals surface area (Å²) >= 11 is 0. The first-order valence-corrected chi connectivity index (χ1v) is 37.8. The summed E-state index contributed by atoms with van der Waals surface area (Å²) < 4.78 is 17.1. The zero-order chi connectivity index (χ0) is 59.9. The summed E-state index contributed by atoms with van der Waals surface area (Å²) in [5.74, 6) is -0.832. The molecule has 0 radical (unpaired) electrons. The van der Waals surface area contributed by atoms with Crippen LogP contribution in [0.1, 0.15) is 432 Å². The molecule has 0 aromatic rings. The van der Waals surface area contributed by atoms with Gasteiger partial charge < -0.3 is 14.2 Å². The Bertz CT molecular complexity index is 1340. The molecule has 1 atom stereocenters. The molecule has 0 rings (SSSR count). The van der Waals surface area contributed by atoms with E-state index >= 15 is 0 Å². The van der Waals surface area contributed by atoms with Crippen LogP contribution in [0.3, 0.4) is 0 Å². The summed E-state index contributed by atoms with van der Waals surface area (Å²) in [6.07, 6.45) is 89.3. The highest BCUT2D eigenvalue weighted by molar-refractivity contribution is 5.71. The highest BCUT2D eigenvalue weighted by atomic mass is 16.6. The smallest absolute Gasteiger partial charge is 0.306 e. The van der Waals surface area contributed by atoms with Gasteiger partial charge in [-0.25, -0.2) is 0 Å². The Kier molecular flexibility index (Phi) is 70.5. The van der Waals surface area contributed by atoms with E-state index in [1.165, 1.54) is 327 Å². The molecule has 490 valence electrons. The summed E-state index contributed by atoms with van der Waals surface area (Å²) in [6, 6.07) is 0. The van der Waals surface area contributed by atoms with E-state index < -0.39 is 6.10 Å². The van der Waals surface area contributed by atoms with Crippen molar-refractivity contribution in [3.8, 4) is 0 Å². The second-order valence-electron chi connectivity index (χ2n) is 25.9. The molecule has 6 nitrogen and oxygen atoms in total. The maximum Gasteiger partial charge on any atom is 0.306 e. The molecule has 0 aliphatic carbocycles. The predicted octanol–water partition coefficient (Wildman–Crippen LogP) is 26.1. The van der Waals surface area contributed by atoms with Crippen LogP contribution < -0.4 is 0 Å². The summed E-state index contributed by atoms with van der Waals surface area (Å²) in [6.45, 7) is 6.73. The minimum atomic E-state index is -0.771. The minimum Gasteiger partial charge on any atom is -0.462 e. The Morgan fingerprint density at radius 3 is 0.663 bits per heavy atom. The topological polar surface area (TPSA) is 78.9 Å². The summed E-state index contributed by atoms with van der Waals surface area (Å²) in [5, 5.41) is 0. The molecule has 0 amide bonds. The Morgan fingerprint density at radius 2 is 0.434 bits per heavy atom. The molecular formula is C77H146O6. The number of rotatable bonds is 71. The van der Waals surface area contributed by atoms with Gasteiger partial charge in [0.2, 0.25) is 0 Å². The van der Waals surface area contributed by atoms with Crippen molar-refractivity contribution in [2.75, 3.05) is 13.2 Å². The van der Waals surface area contributed by atoms with Crippen molar-refractivity contribution in [2.24, 2.45) is 0 Å². The molecule has 0 saturated carbocycles. The molecule has 0 saturated heterocycles. The maximum atomic E-state index is 13.0. The molecule has 0 aromatic heterocycles. The number of ether oxygens (including phenoxy) is 3. The van der Waals surface area contributed by atoms with Crippen LogP contribution in [0.15, 0.2) is 24.3 Å². The second kappa shape index (κ2) is 72.4. The van der Waals surface area contributed by atoms with E-state index in [9.17, 15) is 14.4 Å². The van der Waals surface area contributed by atoms with E-state index in [-0.39, 0.29) is 31.1 Å². The van der Waals surface area contributed by atoms with Crippen molar-refractivity contribution >= 4 is 17.9 Å². The van der Waals surface area contributed by atoms with Gasteiger partial charge in [-0.05, 0) is 51.4 Å². The van der Waals surface area contributed by atoms with Crippen molar-refractivity contribution in [1.82, 2.24) is 0 Å². The first-order valence-electron chi connectivity index (χ1n) is 37.8. The lowest BCUT2D eigenvalue weighted by Gasteiger charge is -2.18. The Morgan fingerprint density at radius 1 is 0.241 bits per heavy atom. The standard InChI is InChI=1S/C77H146O6/c1-4-7-10-13-16-19-22-25-28-31-34-36-37-38-39-41-43-46-49-52-55-58-61-64-67-70-76(79)82-73-74(72-81-75(78)69-66-63-60-57-54-51-48-45-42-33-30-27-24-21-18-15-12-9-6-3)83-77(80)71-68-65-62-59-56-53-50-47-44-40-35-32-29-26-23-20-17-14-11-8-5-2/h23,26,32,35,74H,4-22,24-25,27-31,33-34,36-73H2,1-3H3/b26-23-,35-32-. The van der Waals surface area contributed by atoms with Crippen LogP contribution in [0.25, 0.3) is 0 Å². The first-order chi connectivity index (χ1) is 41.0. The van der Waals surface area contributed by atoms with Crippen LogP contribution in [0.4, 0.5) is 0 Å². The zero-order valence-corrected chi connectivity index (χ0v) is 56.5. The van der Waals surface area contributed by atoms with Crippen molar-refractivity contribution in [3.63, 3.8) is 0 Å². The minimum absolute atomic E-state index is 0.0660. The summed E-state index contributed by atoms with van der Waals surface area (Å²) in [5.41, 5.74) is 0. The molecule has 0 fully saturated rings. The number of esters is 3. The quantitative estimate of drug-likeness (QED) is 0.0261. The third kappa shape index (κ3) is 70.5. The molecule has 0 aromatic carbocycles. The summed E-state index contributed by atoms with van der Waals surface area (Å²) in [7, 11) is 0. The zero-order valence-electron chi connectivity index (χ0n) is 56.5. The van der Waals surface area contributed by atoms with E-state index in [1.54, 1.807) is 0 Å². The van der Waals surface area contributed by atoms with Crippen LogP contribution >= 0.6 is 0 Å². The average molecular weight is 1170 g/mol. The number of unbranched alkanes of at least 4 members (excludes halogenated alkanes) is 56. The third-order valence-electron chi connectivity index (χ3n) is 17.5. The van der Waals surface area contributed by atoms with Crippen LogP contribution in [-0.2, 0) is 28.6 Å². The summed E-state index contributed by atoms with van der Waals surface area (Å²) in [4.78, 5) is 38.6. The number of hydrogen-bond acceptors (Lipinski definition) is 6. The van der Waals surface area contributed by atoms with E-state index in [1.807, 2.05) is 0 Å². The van der Waals surface area contributed by atoms with Crippen LogP contribution in [0, 0.1) is 0 Å². The van der Waals surface area contributed by atoms with Crippen molar-refractivity contribution in [1.29, 1.82) is 0 Å². The molecule has 0 bridgehead atoms. The normalized spacial score (nSPS) is 12.1. The van der Waals surface area contributed by atoms with Gasteiger partial charge in [0.15, 0.2) is 6.10 Å². The molecule has 0 aliphatic rings. The SMILES string of the molecule is CCCCCCC/C=C\C/C=C\CCCCCCCCCCCC(=O)OC(COC(=O)CCCCCCCCCCCCCCCCCCCCC)COC(=O)CCCCCCCCCCCCCCCCCCCCCCCCCCC. The Balaban J connectivity index is 4.28. The number of carbonyl (C=O) groups is 3. The van der Waals surface area contributed by atoms with Crippen molar-refractivity contribution in [2.45, 2.75) is 438 Å². The fraction of sp³-hybridized carbons (Fsp3) is 0.909. The fourth-order valence-electron chi connectivity index (χ4n) is 11.8. The largest absolute Gasteiger partial charge is 0.462 e. The molecule has 0 aliphatic heterocycles. The maximum absolute atomic E-state index is 13.0. The first kappa shape index (κ1) is 80.9. The highest BCUT2D eigenvalue weighted by Crippen LogP contribution is 2.19. The van der Waals surface area contributed by atoms with E-state index in [0.717, 1.165) is 64.2 Å². The van der Waals surface area contributed by atoms with Crippen molar-refractivity contribution < 1.29 is 28.6 Å². The van der Waals surface area contributed by atoms with Gasteiger partial charge in [-0.1, -0.05) is 385 Å². The molecule has 0 heterocycles. The van der Waals surface area contributed by atoms with Crippen LogP contribution in [-0.4, -0.2) is 37.2 Å². The molecule has 0 N–H and O–H groups in total. The third-order valence-corrected chi connectivity index (χ3v) is 17.5. The van der Waals surface area contributed by atoms with E-state index in [4.69, 9.17) is 14.2 Å². The molecular weight excluding hydrogens is 1020 g/mol. The lowest BCUT2D eigenvalue weighted by molar-refractivity contribution is -0.167. The average Bonchev–Trinajstić information content (AvgIpc) is 3.50. The fourth-order valence-corrected chi connectivity index (χ4v) is 11.8. The van der Waals surface area contributed by atoms with Gasteiger partial charge in [0, 0.05) is 19.3 Å². The van der Waals surface area contributed by atoms with Gasteiger partial charge in [-0.3, -0.25) is 14.4 Å². The monoisotopic (exact) mass is 1170 g/mol. The van der Waals surface area contributed by atoms with Crippen molar-refractivity contribution in [3.05, 3.63) is 24.3 Å². The molecule has 0 spiro atoms. The number of carbonyl (C=O) groups excluding carboxylic acids is 3. The van der Waals surface area contributed by atoms with Gasteiger partial charge in [0.25, 0.3) is 0 Å². The predicted molar refractivity (Wildman–Crippen MR) is 363 cm³/mol. The molecule has 1 unspecified atom stereocenters. The van der Waals surface area contributed by atoms with Gasteiger partial charge in [0.05, 0.1) is 0 Å². The second-order valence-corrected chi connectivity index (χ2v) is 25.9. The number of allylic oxidation sites excluding steroid dienone is 4. The molecule has 83 heavy (non-hydrogen) atoms. The van der Waals surface area contributed by atoms with Crippen LogP contribution in [0.2, 0.25) is 0 Å². The Hall–Kier alpha value is -2.11. The van der Waals surface area contributed by atoms with E-state index in [2.05, 4.69) is 45.1 Å². The molecule has 6 heteroatoms. The van der Waals surface area contributed by atoms with Gasteiger partial charge in [0.1, 0.15) is 13.2 Å². The van der Waals surface area contributed by atoms with E-state index in [0.29, 0.717) is 19.3 Å². The lowest BCUT2D eigenvalue weighted by atomic mass is 10.0. The Labute approximate surface area is 519 Å². The lowest BCUT2D eigenvalue weighted by Crippen LogP contribution is -2.30. The van der Waals surface area contributed by atoms with Gasteiger partial charge in [-0.15, -0.1) is 0 Å². The number of hydrogen-bond donors (Lipinski definition) is 0. The van der Waals surface area contributed by atoms with Crippen LogP contribution in [0.5, 0.6) is 0 Å². The highest BCUT2D eigenvalue weighted by Gasteiger charge is 2.20.